The first-order valence-electron chi connectivity index (χ1n) is 11.5. The monoisotopic (exact) mass is 539 g/mol. The molecule has 10 heteroatoms. The predicted octanol–water partition coefficient (Wildman–Crippen LogP) is 4.54. The maximum Gasteiger partial charge on any atom is 0.244 e. The lowest BCUT2D eigenvalue weighted by atomic mass is 10.1. The first-order chi connectivity index (χ1) is 16.5. The number of anilines is 1. The molecule has 0 radical (unpaired) electrons. The van der Waals surface area contributed by atoms with E-state index in [1.807, 2.05) is 6.07 Å². The molecule has 35 heavy (non-hydrogen) atoms. The van der Waals surface area contributed by atoms with Gasteiger partial charge in [0.1, 0.15) is 12.6 Å². The summed E-state index contributed by atoms with van der Waals surface area (Å²) < 4.78 is 26.3. The van der Waals surface area contributed by atoms with Crippen LogP contribution in [0.4, 0.5) is 5.69 Å². The molecular formula is C25H31Cl2N3O4S. The predicted molar refractivity (Wildman–Crippen MR) is 140 cm³/mol. The molecule has 2 aromatic carbocycles. The fraction of sp³-hybridized carbons (Fsp3) is 0.440. The minimum absolute atomic E-state index is 0.0929. The summed E-state index contributed by atoms with van der Waals surface area (Å²) in [5, 5.41) is 3.93. The van der Waals surface area contributed by atoms with Gasteiger partial charge in [-0.2, -0.15) is 0 Å². The van der Waals surface area contributed by atoms with Gasteiger partial charge in [-0.3, -0.25) is 13.9 Å². The van der Waals surface area contributed by atoms with Crippen LogP contribution in [0, 0.1) is 6.92 Å². The number of carbonyl (C=O) groups is 2. The van der Waals surface area contributed by atoms with Gasteiger partial charge in [0, 0.05) is 22.6 Å². The SMILES string of the molecule is Cc1ccc(N(CC(=O)N(Cc2cccc(Cl)c2)[C@H](C)C(=O)NC2CCCC2)S(C)(=O)=O)cc1Cl. The average Bonchev–Trinajstić information content (AvgIpc) is 3.29. The molecule has 0 bridgehead atoms. The van der Waals surface area contributed by atoms with Crippen molar-refractivity contribution in [3.63, 3.8) is 0 Å². The van der Waals surface area contributed by atoms with Gasteiger partial charge in [0.2, 0.25) is 21.8 Å². The van der Waals surface area contributed by atoms with E-state index in [0.717, 1.165) is 47.4 Å². The van der Waals surface area contributed by atoms with Crippen LogP contribution in [0.1, 0.15) is 43.7 Å². The Hall–Kier alpha value is -2.29. The summed E-state index contributed by atoms with van der Waals surface area (Å²) in [6.45, 7) is 3.09. The molecule has 1 aliphatic rings. The second-order valence-corrected chi connectivity index (χ2v) is 11.8. The Morgan fingerprint density at radius 2 is 1.80 bits per heavy atom. The quantitative estimate of drug-likeness (QED) is 0.506. The molecule has 1 N–H and O–H groups in total. The summed E-state index contributed by atoms with van der Waals surface area (Å²) in [5.74, 6) is -0.780. The van der Waals surface area contributed by atoms with Gasteiger partial charge in [-0.15, -0.1) is 0 Å². The molecule has 1 saturated carbocycles. The van der Waals surface area contributed by atoms with Gasteiger partial charge in [-0.05, 0) is 62.1 Å². The van der Waals surface area contributed by atoms with Crippen molar-refractivity contribution in [2.24, 2.45) is 0 Å². The average molecular weight is 541 g/mol. The highest BCUT2D eigenvalue weighted by molar-refractivity contribution is 7.92. The van der Waals surface area contributed by atoms with E-state index in [1.54, 1.807) is 44.2 Å². The highest BCUT2D eigenvalue weighted by Gasteiger charge is 2.31. The minimum Gasteiger partial charge on any atom is -0.352 e. The van der Waals surface area contributed by atoms with Crippen LogP contribution in [0.3, 0.4) is 0 Å². The number of halogens is 2. The first kappa shape index (κ1) is 27.3. The van der Waals surface area contributed by atoms with Crippen molar-refractivity contribution in [1.82, 2.24) is 10.2 Å². The largest absolute Gasteiger partial charge is 0.352 e. The van der Waals surface area contributed by atoms with Gasteiger partial charge in [0.25, 0.3) is 0 Å². The Morgan fingerprint density at radius 3 is 2.40 bits per heavy atom. The fourth-order valence-electron chi connectivity index (χ4n) is 4.16. The molecule has 190 valence electrons. The number of nitrogens with one attached hydrogen (secondary N) is 1. The number of rotatable bonds is 9. The zero-order chi connectivity index (χ0) is 25.8. The Kier molecular flexibility index (Phi) is 9.07. The lowest BCUT2D eigenvalue weighted by Gasteiger charge is -2.32. The molecule has 0 aliphatic heterocycles. The number of amides is 2. The maximum atomic E-state index is 13.6. The van der Waals surface area contributed by atoms with Gasteiger partial charge in [-0.1, -0.05) is 54.2 Å². The van der Waals surface area contributed by atoms with E-state index in [0.29, 0.717) is 10.0 Å². The third-order valence-corrected chi connectivity index (χ3v) is 8.02. The molecule has 0 saturated heterocycles. The van der Waals surface area contributed by atoms with Crippen LogP contribution in [0.15, 0.2) is 42.5 Å². The van der Waals surface area contributed by atoms with E-state index in [-0.39, 0.29) is 24.2 Å². The number of hydrogen-bond donors (Lipinski definition) is 1. The van der Waals surface area contributed by atoms with Crippen molar-refractivity contribution in [2.45, 2.75) is 58.2 Å². The minimum atomic E-state index is -3.81. The van der Waals surface area contributed by atoms with Crippen LogP contribution in [0.25, 0.3) is 0 Å². The summed E-state index contributed by atoms with van der Waals surface area (Å²) in [6.07, 6.45) is 4.99. The third-order valence-electron chi connectivity index (χ3n) is 6.23. The highest BCUT2D eigenvalue weighted by Crippen LogP contribution is 2.26. The summed E-state index contributed by atoms with van der Waals surface area (Å²) in [5.41, 5.74) is 1.80. The molecule has 1 fully saturated rings. The van der Waals surface area contributed by atoms with Gasteiger partial charge >= 0.3 is 0 Å². The maximum absolute atomic E-state index is 13.6. The first-order valence-corrected chi connectivity index (χ1v) is 14.1. The number of nitrogens with zero attached hydrogens (tertiary/aromatic N) is 2. The van der Waals surface area contributed by atoms with E-state index in [1.165, 1.54) is 11.0 Å². The number of hydrogen-bond acceptors (Lipinski definition) is 4. The van der Waals surface area contributed by atoms with Crippen molar-refractivity contribution < 1.29 is 18.0 Å². The standard InChI is InChI=1S/C25H31Cl2N3O4S/c1-17-11-12-22(14-23(17)27)30(35(3,33)34)16-24(31)29(15-19-7-6-8-20(26)13-19)18(2)25(32)28-21-9-4-5-10-21/h6-8,11-14,18,21H,4-5,9-10,15-16H2,1-3H3,(H,28,32)/t18-/m1/s1. The van der Waals surface area contributed by atoms with Crippen molar-refractivity contribution in [1.29, 1.82) is 0 Å². The molecule has 0 spiro atoms. The lowest BCUT2D eigenvalue weighted by Crippen LogP contribution is -2.52. The van der Waals surface area contributed by atoms with Crippen molar-refractivity contribution in [2.75, 3.05) is 17.1 Å². The molecule has 0 heterocycles. The smallest absolute Gasteiger partial charge is 0.244 e. The van der Waals surface area contributed by atoms with Gasteiger partial charge < -0.3 is 10.2 Å². The van der Waals surface area contributed by atoms with E-state index in [2.05, 4.69) is 5.32 Å². The van der Waals surface area contributed by atoms with Gasteiger partial charge in [0.15, 0.2) is 0 Å². The summed E-state index contributed by atoms with van der Waals surface area (Å²) >= 11 is 12.4. The topological polar surface area (TPSA) is 86.8 Å². The molecular weight excluding hydrogens is 509 g/mol. The normalized spacial score (nSPS) is 15.0. The summed E-state index contributed by atoms with van der Waals surface area (Å²) in [6, 6.07) is 11.1. The molecule has 0 aromatic heterocycles. The van der Waals surface area contributed by atoms with Gasteiger partial charge in [0.05, 0.1) is 11.9 Å². The van der Waals surface area contributed by atoms with Crippen LogP contribution in [0.2, 0.25) is 10.0 Å². The molecule has 0 unspecified atom stereocenters. The molecule has 7 nitrogen and oxygen atoms in total. The molecule has 3 rings (SSSR count). The van der Waals surface area contributed by atoms with Gasteiger partial charge in [-0.25, -0.2) is 8.42 Å². The summed E-state index contributed by atoms with van der Waals surface area (Å²) in [4.78, 5) is 28.0. The number of benzene rings is 2. The Balaban J connectivity index is 1.89. The zero-order valence-electron chi connectivity index (χ0n) is 20.1. The Bertz CT molecular complexity index is 1180. The van der Waals surface area contributed by atoms with Crippen LogP contribution < -0.4 is 9.62 Å². The van der Waals surface area contributed by atoms with E-state index in [9.17, 15) is 18.0 Å². The fourth-order valence-corrected chi connectivity index (χ4v) is 5.39. The van der Waals surface area contributed by atoms with Crippen LogP contribution in [-0.2, 0) is 26.2 Å². The molecule has 1 aliphatic carbocycles. The van der Waals surface area contributed by atoms with Crippen LogP contribution in [-0.4, -0.2) is 50.0 Å². The zero-order valence-corrected chi connectivity index (χ0v) is 22.5. The van der Waals surface area contributed by atoms with E-state index in [4.69, 9.17) is 23.2 Å². The second kappa shape index (κ2) is 11.6. The number of carbonyl (C=O) groups excluding carboxylic acids is 2. The van der Waals surface area contributed by atoms with Crippen LogP contribution >= 0.6 is 23.2 Å². The van der Waals surface area contributed by atoms with Crippen molar-refractivity contribution in [3.05, 3.63) is 63.6 Å². The Labute approximate surface area is 217 Å². The summed E-state index contributed by atoms with van der Waals surface area (Å²) in [7, 11) is -3.81. The molecule has 1 atom stereocenters. The van der Waals surface area contributed by atoms with E-state index >= 15 is 0 Å². The number of aryl methyl sites for hydroxylation is 1. The Morgan fingerprint density at radius 1 is 1.11 bits per heavy atom. The highest BCUT2D eigenvalue weighted by atomic mass is 35.5. The molecule has 2 amide bonds. The number of sulfonamides is 1. The van der Waals surface area contributed by atoms with E-state index < -0.39 is 28.5 Å². The lowest BCUT2D eigenvalue weighted by molar-refractivity contribution is -0.139. The van der Waals surface area contributed by atoms with Crippen molar-refractivity contribution >= 4 is 50.7 Å². The second-order valence-electron chi connectivity index (χ2n) is 9.02. The third kappa shape index (κ3) is 7.35. The van der Waals surface area contributed by atoms with Crippen LogP contribution in [0.5, 0.6) is 0 Å². The van der Waals surface area contributed by atoms with Crippen molar-refractivity contribution in [3.8, 4) is 0 Å². The molecule has 2 aromatic rings.